The molecule has 1 aromatic heterocycles. The van der Waals surface area contributed by atoms with E-state index in [-0.39, 0.29) is 5.56 Å². The second-order valence-corrected chi connectivity index (χ2v) is 7.17. The van der Waals surface area contributed by atoms with Gasteiger partial charge in [0.05, 0.1) is 16.5 Å². The highest BCUT2D eigenvalue weighted by atomic mass is 35.5. The van der Waals surface area contributed by atoms with Gasteiger partial charge in [0, 0.05) is 17.3 Å². The van der Waals surface area contributed by atoms with Crippen LogP contribution in [-0.4, -0.2) is 26.0 Å². The Morgan fingerprint density at radius 1 is 1.50 bits per heavy atom. The number of nitrogens with zero attached hydrogens (tertiary/aromatic N) is 2. The van der Waals surface area contributed by atoms with Gasteiger partial charge in [-0.2, -0.15) is 0 Å². The average molecular weight is 339 g/mol. The van der Waals surface area contributed by atoms with Crippen molar-refractivity contribution >= 4 is 34.3 Å². The molecular formula is C16H19ClN2O2S. The van der Waals surface area contributed by atoms with Gasteiger partial charge in [-0.15, -0.1) is 6.58 Å². The number of halogens is 1. The monoisotopic (exact) mass is 338 g/mol. The lowest BCUT2D eigenvalue weighted by atomic mass is 10.1. The lowest BCUT2D eigenvalue weighted by molar-refractivity contribution is 0.0777. The molecule has 4 nitrogen and oxygen atoms in total. The fraction of sp³-hybridized carbons (Fsp3) is 0.375. The minimum Gasteiger partial charge on any atom is -0.390 e. The van der Waals surface area contributed by atoms with E-state index in [0.29, 0.717) is 39.8 Å². The summed E-state index contributed by atoms with van der Waals surface area (Å²) in [6.07, 6.45) is 2.28. The summed E-state index contributed by atoms with van der Waals surface area (Å²) >= 11 is 7.43. The van der Waals surface area contributed by atoms with E-state index in [1.54, 1.807) is 42.7 Å². The van der Waals surface area contributed by atoms with E-state index in [1.807, 2.05) is 0 Å². The van der Waals surface area contributed by atoms with Crippen LogP contribution in [0.2, 0.25) is 5.02 Å². The van der Waals surface area contributed by atoms with Crippen LogP contribution in [0.3, 0.4) is 0 Å². The number of hydrogen-bond donors (Lipinski definition) is 1. The molecule has 0 unspecified atom stereocenters. The molecule has 0 aliphatic heterocycles. The summed E-state index contributed by atoms with van der Waals surface area (Å²) in [6.45, 7) is 7.62. The van der Waals surface area contributed by atoms with Crippen LogP contribution in [-0.2, 0) is 6.54 Å². The van der Waals surface area contributed by atoms with Crippen molar-refractivity contribution in [3.63, 3.8) is 0 Å². The topological polar surface area (TPSA) is 55.1 Å². The van der Waals surface area contributed by atoms with Crippen molar-refractivity contribution in [1.29, 1.82) is 0 Å². The quantitative estimate of drug-likeness (QED) is 0.497. The molecule has 0 aliphatic rings. The number of rotatable bonds is 6. The molecule has 0 aliphatic carbocycles. The molecule has 0 saturated heterocycles. The molecule has 0 bridgehead atoms. The predicted octanol–water partition coefficient (Wildman–Crippen LogP) is 3.49. The van der Waals surface area contributed by atoms with Gasteiger partial charge in [-0.1, -0.05) is 29.4 Å². The molecule has 0 radical (unpaired) electrons. The Morgan fingerprint density at radius 2 is 2.23 bits per heavy atom. The normalized spacial score (nSPS) is 11.8. The number of aliphatic hydroxyl groups is 1. The number of aromatic nitrogens is 2. The largest absolute Gasteiger partial charge is 0.390 e. The predicted molar refractivity (Wildman–Crippen MR) is 92.8 cm³/mol. The van der Waals surface area contributed by atoms with Crippen LogP contribution < -0.4 is 5.56 Å². The van der Waals surface area contributed by atoms with Crippen LogP contribution in [0.25, 0.3) is 10.9 Å². The molecular weight excluding hydrogens is 320 g/mol. The zero-order chi connectivity index (χ0) is 16.3. The van der Waals surface area contributed by atoms with Crippen molar-refractivity contribution in [2.45, 2.75) is 37.6 Å². The fourth-order valence-corrected chi connectivity index (χ4v) is 3.39. The highest BCUT2D eigenvalue weighted by Gasteiger charge is 2.15. The first-order chi connectivity index (χ1) is 10.3. The number of thioether (sulfide) groups is 1. The minimum absolute atomic E-state index is 0.104. The zero-order valence-electron chi connectivity index (χ0n) is 12.7. The summed E-state index contributed by atoms with van der Waals surface area (Å²) in [7, 11) is 0. The van der Waals surface area contributed by atoms with Gasteiger partial charge in [-0.3, -0.25) is 9.36 Å². The average Bonchev–Trinajstić information content (AvgIpc) is 2.41. The first kappa shape index (κ1) is 17.1. The summed E-state index contributed by atoms with van der Waals surface area (Å²) in [5.41, 5.74) is -0.257. The molecule has 0 spiro atoms. The van der Waals surface area contributed by atoms with Crippen molar-refractivity contribution in [2.24, 2.45) is 0 Å². The Balaban J connectivity index is 2.43. The third-order valence-corrected chi connectivity index (χ3v) is 4.35. The molecule has 0 atom stereocenters. The third kappa shape index (κ3) is 4.12. The van der Waals surface area contributed by atoms with Crippen molar-refractivity contribution in [2.75, 3.05) is 5.75 Å². The maximum absolute atomic E-state index is 12.6. The second-order valence-electron chi connectivity index (χ2n) is 5.67. The second kappa shape index (κ2) is 6.86. The van der Waals surface area contributed by atoms with E-state index in [1.165, 1.54) is 11.8 Å². The Labute approximate surface area is 138 Å². The molecule has 0 saturated carbocycles. The number of hydrogen-bond acceptors (Lipinski definition) is 4. The van der Waals surface area contributed by atoms with Gasteiger partial charge in [0.1, 0.15) is 0 Å². The summed E-state index contributed by atoms with van der Waals surface area (Å²) in [5, 5.41) is 11.5. The minimum atomic E-state index is -0.739. The number of benzene rings is 1. The number of fused-ring (bicyclic) bond motifs is 1. The van der Waals surface area contributed by atoms with E-state index in [4.69, 9.17) is 11.6 Å². The van der Waals surface area contributed by atoms with Crippen LogP contribution >= 0.6 is 23.4 Å². The maximum Gasteiger partial charge on any atom is 0.262 e. The van der Waals surface area contributed by atoms with Crippen LogP contribution in [0.1, 0.15) is 20.3 Å². The fourth-order valence-electron chi connectivity index (χ4n) is 1.97. The summed E-state index contributed by atoms with van der Waals surface area (Å²) in [4.78, 5) is 17.1. The third-order valence-electron chi connectivity index (χ3n) is 3.14. The highest BCUT2D eigenvalue weighted by Crippen LogP contribution is 2.22. The molecule has 2 rings (SSSR count). The maximum atomic E-state index is 12.6. The van der Waals surface area contributed by atoms with E-state index in [9.17, 15) is 9.90 Å². The van der Waals surface area contributed by atoms with Gasteiger partial charge >= 0.3 is 0 Å². The van der Waals surface area contributed by atoms with Crippen molar-refractivity contribution < 1.29 is 5.11 Å². The van der Waals surface area contributed by atoms with Crippen LogP contribution in [0.5, 0.6) is 0 Å². The molecule has 1 heterocycles. The lowest BCUT2D eigenvalue weighted by Gasteiger charge is -2.17. The van der Waals surface area contributed by atoms with Crippen LogP contribution in [0, 0.1) is 0 Å². The van der Waals surface area contributed by atoms with E-state index in [2.05, 4.69) is 11.6 Å². The molecule has 118 valence electrons. The van der Waals surface area contributed by atoms with Gasteiger partial charge in [-0.05, 0) is 38.5 Å². The van der Waals surface area contributed by atoms with Gasteiger partial charge < -0.3 is 5.11 Å². The number of allylic oxidation sites excluding steroid dienone is 1. The summed E-state index contributed by atoms with van der Waals surface area (Å²) in [5.74, 6) is 0.666. The first-order valence-corrected chi connectivity index (χ1v) is 8.34. The standard InChI is InChI=1S/C16H19ClN2O2S/c1-4-8-19-14(20)12-6-5-11(17)10-13(12)18-15(19)22-9-7-16(2,3)21/h4-6,10,21H,1,7-9H2,2-3H3. The van der Waals surface area contributed by atoms with Gasteiger partial charge in [0.25, 0.3) is 5.56 Å². The van der Waals surface area contributed by atoms with Gasteiger partial charge in [-0.25, -0.2) is 4.98 Å². The zero-order valence-corrected chi connectivity index (χ0v) is 14.2. The Kier molecular flexibility index (Phi) is 5.32. The molecule has 1 N–H and O–H groups in total. The SMILES string of the molecule is C=CCn1c(SCCC(C)(C)O)nc2cc(Cl)ccc2c1=O. The molecule has 22 heavy (non-hydrogen) atoms. The molecule has 0 fully saturated rings. The van der Waals surface area contributed by atoms with E-state index in [0.717, 1.165) is 0 Å². The van der Waals surface area contributed by atoms with Crippen molar-refractivity contribution in [3.05, 3.63) is 46.2 Å². The first-order valence-electron chi connectivity index (χ1n) is 6.98. The van der Waals surface area contributed by atoms with E-state index >= 15 is 0 Å². The summed E-state index contributed by atoms with van der Waals surface area (Å²) < 4.78 is 1.60. The highest BCUT2D eigenvalue weighted by molar-refractivity contribution is 7.99. The molecule has 6 heteroatoms. The smallest absolute Gasteiger partial charge is 0.262 e. The Hall–Kier alpha value is -1.30. The van der Waals surface area contributed by atoms with Crippen LogP contribution in [0.4, 0.5) is 0 Å². The van der Waals surface area contributed by atoms with E-state index < -0.39 is 5.60 Å². The Bertz CT molecular complexity index is 750. The molecule has 2 aromatic rings. The molecule has 0 amide bonds. The lowest BCUT2D eigenvalue weighted by Crippen LogP contribution is -2.23. The Morgan fingerprint density at radius 3 is 2.86 bits per heavy atom. The molecule has 1 aromatic carbocycles. The van der Waals surface area contributed by atoms with Gasteiger partial charge in [0.2, 0.25) is 0 Å². The van der Waals surface area contributed by atoms with Crippen molar-refractivity contribution in [1.82, 2.24) is 9.55 Å². The van der Waals surface area contributed by atoms with Crippen LogP contribution in [0.15, 0.2) is 40.8 Å². The van der Waals surface area contributed by atoms with Crippen molar-refractivity contribution in [3.8, 4) is 0 Å². The summed E-state index contributed by atoms with van der Waals surface area (Å²) in [6, 6.07) is 5.07. The van der Waals surface area contributed by atoms with Gasteiger partial charge in [0.15, 0.2) is 5.16 Å².